The maximum Gasteiger partial charge on any atom is 0.345 e. The highest BCUT2D eigenvalue weighted by atomic mass is 16.3. The molecule has 4 nitrogen and oxygen atoms in total. The molecule has 0 aromatic carbocycles. The van der Waals surface area contributed by atoms with Gasteiger partial charge in [-0.25, -0.2) is 0 Å². The SMILES string of the molecule is Cc1cc2c(o1)CC(C)(C)C(=[N+]=[N-])C2=O. The Labute approximate surface area is 87.5 Å². The predicted octanol–water partition coefficient (Wildman–Crippen LogP) is 2.02. The molecule has 1 aliphatic rings. The van der Waals surface area contributed by atoms with E-state index in [0.29, 0.717) is 23.5 Å². The summed E-state index contributed by atoms with van der Waals surface area (Å²) in [5.41, 5.74) is 9.13. The molecule has 0 saturated carbocycles. The summed E-state index contributed by atoms with van der Waals surface area (Å²) >= 11 is 0. The van der Waals surface area contributed by atoms with Gasteiger partial charge in [0.2, 0.25) is 0 Å². The highest BCUT2D eigenvalue weighted by molar-refractivity contribution is 6.46. The molecule has 15 heavy (non-hydrogen) atoms. The average molecular weight is 204 g/mol. The van der Waals surface area contributed by atoms with Gasteiger partial charge >= 0.3 is 5.71 Å². The van der Waals surface area contributed by atoms with Gasteiger partial charge in [-0.15, -0.1) is 0 Å². The van der Waals surface area contributed by atoms with Crippen LogP contribution in [0.2, 0.25) is 0 Å². The first-order valence-corrected chi connectivity index (χ1v) is 4.82. The molecule has 1 heterocycles. The zero-order valence-corrected chi connectivity index (χ0v) is 9.00. The molecule has 1 aromatic rings. The molecule has 0 amide bonds. The Morgan fingerprint density at radius 3 is 2.80 bits per heavy atom. The third-order valence-electron chi connectivity index (χ3n) is 2.74. The lowest BCUT2D eigenvalue weighted by Gasteiger charge is -2.21. The van der Waals surface area contributed by atoms with Crippen molar-refractivity contribution in [1.29, 1.82) is 0 Å². The molecule has 4 heteroatoms. The minimum Gasteiger partial charge on any atom is -0.466 e. The molecule has 0 fully saturated rings. The van der Waals surface area contributed by atoms with E-state index in [2.05, 4.69) is 4.79 Å². The molecule has 78 valence electrons. The maximum atomic E-state index is 11.9. The number of aryl methyl sites for hydroxylation is 1. The lowest BCUT2D eigenvalue weighted by Crippen LogP contribution is -2.38. The summed E-state index contributed by atoms with van der Waals surface area (Å²) in [5.74, 6) is 1.17. The van der Waals surface area contributed by atoms with Crippen LogP contribution >= 0.6 is 0 Å². The third kappa shape index (κ3) is 1.34. The van der Waals surface area contributed by atoms with E-state index in [0.717, 1.165) is 0 Å². The van der Waals surface area contributed by atoms with E-state index in [-0.39, 0.29) is 11.5 Å². The first kappa shape index (κ1) is 9.87. The van der Waals surface area contributed by atoms with Crippen LogP contribution in [-0.2, 0) is 6.42 Å². The fourth-order valence-corrected chi connectivity index (χ4v) is 1.99. The van der Waals surface area contributed by atoms with E-state index in [9.17, 15) is 4.79 Å². The van der Waals surface area contributed by atoms with Crippen LogP contribution in [0.1, 0.15) is 35.7 Å². The van der Waals surface area contributed by atoms with Crippen LogP contribution in [0.4, 0.5) is 0 Å². The number of hydrogen-bond acceptors (Lipinski definition) is 2. The maximum absolute atomic E-state index is 11.9. The molecule has 0 aliphatic heterocycles. The number of Topliss-reactive ketones (excluding diaryl/α,β-unsaturated/α-hetero) is 1. The number of ketones is 1. The second-order valence-electron chi connectivity index (χ2n) is 4.53. The van der Waals surface area contributed by atoms with E-state index in [1.165, 1.54) is 0 Å². The van der Waals surface area contributed by atoms with Crippen LogP contribution in [0.3, 0.4) is 0 Å². The molecule has 0 radical (unpaired) electrons. The van der Waals surface area contributed by atoms with Crippen molar-refractivity contribution in [3.05, 3.63) is 28.7 Å². The Balaban J connectivity index is 2.65. The molecular formula is C11H12N2O2. The molecule has 0 spiro atoms. The Bertz CT molecular complexity index is 491. The van der Waals surface area contributed by atoms with Gasteiger partial charge in [0.05, 0.1) is 11.0 Å². The van der Waals surface area contributed by atoms with Crippen molar-refractivity contribution < 1.29 is 14.0 Å². The summed E-state index contributed by atoms with van der Waals surface area (Å²) in [6.07, 6.45) is 0.585. The lowest BCUT2D eigenvalue weighted by atomic mass is 9.75. The van der Waals surface area contributed by atoms with E-state index < -0.39 is 5.41 Å². The van der Waals surface area contributed by atoms with Crippen molar-refractivity contribution in [3.63, 3.8) is 0 Å². The van der Waals surface area contributed by atoms with Crippen molar-refractivity contribution in [3.8, 4) is 0 Å². The van der Waals surface area contributed by atoms with Crippen LogP contribution < -0.4 is 0 Å². The average Bonchev–Trinajstić information content (AvgIpc) is 2.45. The number of hydrogen-bond donors (Lipinski definition) is 0. The van der Waals surface area contributed by atoms with Crippen LogP contribution in [0, 0.1) is 12.3 Å². The van der Waals surface area contributed by atoms with Crippen molar-refractivity contribution >= 4 is 11.5 Å². The first-order chi connectivity index (χ1) is 6.95. The number of carbonyl (C=O) groups is 1. The Hall–Kier alpha value is -1.67. The summed E-state index contributed by atoms with van der Waals surface area (Å²) in [6, 6.07) is 1.69. The van der Waals surface area contributed by atoms with Crippen LogP contribution in [0.5, 0.6) is 0 Å². The molecule has 0 unspecified atom stereocenters. The second kappa shape index (κ2) is 2.91. The smallest absolute Gasteiger partial charge is 0.345 e. The summed E-state index contributed by atoms with van der Waals surface area (Å²) in [6.45, 7) is 5.52. The lowest BCUT2D eigenvalue weighted by molar-refractivity contribution is -0.0199. The molecule has 0 bridgehead atoms. The fraction of sp³-hybridized carbons (Fsp3) is 0.455. The van der Waals surface area contributed by atoms with E-state index in [1.54, 1.807) is 13.0 Å². The highest BCUT2D eigenvalue weighted by Crippen LogP contribution is 2.33. The normalized spacial score (nSPS) is 18.6. The Morgan fingerprint density at radius 1 is 1.53 bits per heavy atom. The van der Waals surface area contributed by atoms with Gasteiger partial charge in [0.25, 0.3) is 5.78 Å². The predicted molar refractivity (Wildman–Crippen MR) is 53.9 cm³/mol. The van der Waals surface area contributed by atoms with Gasteiger partial charge in [-0.05, 0) is 26.8 Å². The number of nitrogens with zero attached hydrogens (tertiary/aromatic N) is 2. The number of rotatable bonds is 0. The van der Waals surface area contributed by atoms with Crippen molar-refractivity contribution in [1.82, 2.24) is 0 Å². The molecule has 1 aromatic heterocycles. The van der Waals surface area contributed by atoms with Gasteiger partial charge in [0, 0.05) is 6.42 Å². The van der Waals surface area contributed by atoms with Gasteiger partial charge in [-0.2, -0.15) is 4.79 Å². The van der Waals surface area contributed by atoms with Crippen molar-refractivity contribution in [2.45, 2.75) is 27.2 Å². The van der Waals surface area contributed by atoms with E-state index in [1.807, 2.05) is 13.8 Å². The third-order valence-corrected chi connectivity index (χ3v) is 2.74. The topological polar surface area (TPSA) is 66.6 Å². The van der Waals surface area contributed by atoms with Crippen molar-refractivity contribution in [2.75, 3.05) is 0 Å². The summed E-state index contributed by atoms with van der Waals surface area (Å²) in [4.78, 5) is 15.0. The minimum atomic E-state index is -0.469. The number of fused-ring (bicyclic) bond motifs is 1. The minimum absolute atomic E-state index is 0.204. The standard InChI is InChI=1S/C11H12N2O2/c1-6-4-7-8(15-6)5-11(2,3)10(13-12)9(7)14/h4H,5H2,1-3H3. The van der Waals surface area contributed by atoms with Crippen LogP contribution in [0.25, 0.3) is 5.53 Å². The van der Waals surface area contributed by atoms with Gasteiger partial charge < -0.3 is 9.95 Å². The summed E-state index contributed by atoms with van der Waals surface area (Å²) < 4.78 is 5.45. The van der Waals surface area contributed by atoms with Gasteiger partial charge in [-0.1, -0.05) is 0 Å². The number of carbonyl (C=O) groups excluding carboxylic acids is 1. The quantitative estimate of drug-likeness (QED) is 0.479. The van der Waals surface area contributed by atoms with E-state index >= 15 is 0 Å². The Kier molecular flexibility index (Phi) is 1.91. The molecule has 0 saturated heterocycles. The van der Waals surface area contributed by atoms with Gasteiger partial charge in [0.1, 0.15) is 11.5 Å². The highest BCUT2D eigenvalue weighted by Gasteiger charge is 2.46. The number of furan rings is 1. The molecule has 0 atom stereocenters. The first-order valence-electron chi connectivity index (χ1n) is 4.82. The van der Waals surface area contributed by atoms with Crippen LogP contribution in [0.15, 0.2) is 10.5 Å². The monoisotopic (exact) mass is 204 g/mol. The largest absolute Gasteiger partial charge is 0.466 e. The fourth-order valence-electron chi connectivity index (χ4n) is 1.99. The van der Waals surface area contributed by atoms with Crippen LogP contribution in [-0.4, -0.2) is 16.3 Å². The molecule has 0 N–H and O–H groups in total. The zero-order valence-electron chi connectivity index (χ0n) is 9.00. The molecule has 1 aliphatic carbocycles. The summed E-state index contributed by atoms with van der Waals surface area (Å²) in [5, 5.41) is 0. The van der Waals surface area contributed by atoms with Crippen molar-refractivity contribution in [2.24, 2.45) is 5.41 Å². The molecular weight excluding hydrogens is 192 g/mol. The second-order valence-corrected chi connectivity index (χ2v) is 4.53. The van der Waals surface area contributed by atoms with E-state index in [4.69, 9.17) is 9.95 Å². The Morgan fingerprint density at radius 2 is 2.20 bits per heavy atom. The van der Waals surface area contributed by atoms with Gasteiger partial charge in [-0.3, -0.25) is 4.79 Å². The van der Waals surface area contributed by atoms with Gasteiger partial charge in [0.15, 0.2) is 0 Å². The summed E-state index contributed by atoms with van der Waals surface area (Å²) in [7, 11) is 0. The molecule has 2 rings (SSSR count). The zero-order chi connectivity index (χ0) is 11.2.